The molecule has 4 aromatic rings. The SMILES string of the molecule is [2H]c1c([2H])c([2H])c2c(Cc3nc4ccccc4s3)c([2H])c([2H])c([2H])c2c1[2H]. The van der Waals surface area contributed by atoms with E-state index in [1.807, 2.05) is 24.3 Å². The lowest BCUT2D eigenvalue weighted by Gasteiger charge is -2.04. The predicted molar refractivity (Wildman–Crippen MR) is 86.4 cm³/mol. The minimum atomic E-state index is -0.441. The van der Waals surface area contributed by atoms with Gasteiger partial charge in [-0.05, 0) is 28.5 Å². The van der Waals surface area contributed by atoms with E-state index in [0.29, 0.717) is 10.6 Å². The molecule has 0 spiro atoms. The van der Waals surface area contributed by atoms with Crippen molar-refractivity contribution in [2.24, 2.45) is 0 Å². The number of thiazole rings is 1. The Bertz CT molecular complexity index is 1190. The molecular weight excluding hydrogens is 262 g/mol. The summed E-state index contributed by atoms with van der Waals surface area (Å²) in [6.07, 6.45) is 0.170. The summed E-state index contributed by atoms with van der Waals surface area (Å²) in [6, 6.07) is 5.22. The van der Waals surface area contributed by atoms with E-state index in [1.165, 1.54) is 11.3 Å². The van der Waals surface area contributed by atoms with E-state index < -0.39 is 12.1 Å². The normalized spacial score (nSPS) is 16.1. The molecular formula is C18H13NS. The molecule has 0 saturated carbocycles. The summed E-state index contributed by atoms with van der Waals surface area (Å²) in [4.78, 5) is 4.54. The number of para-hydroxylation sites is 1. The van der Waals surface area contributed by atoms with Crippen LogP contribution in [0.1, 0.15) is 20.2 Å². The Hall–Kier alpha value is -2.19. The Kier molecular flexibility index (Phi) is 1.54. The van der Waals surface area contributed by atoms with Crippen LogP contribution < -0.4 is 0 Å². The lowest BCUT2D eigenvalue weighted by molar-refractivity contribution is 1.17. The monoisotopic (exact) mass is 282 g/mol. The van der Waals surface area contributed by atoms with E-state index in [1.54, 1.807) is 0 Å². The highest BCUT2D eigenvalue weighted by atomic mass is 32.1. The van der Waals surface area contributed by atoms with Crippen LogP contribution in [0, 0.1) is 0 Å². The molecule has 1 heterocycles. The zero-order chi connectivity index (χ0) is 19.5. The molecule has 0 radical (unpaired) electrons. The third kappa shape index (κ3) is 1.98. The second kappa shape index (κ2) is 4.73. The summed E-state index contributed by atoms with van der Waals surface area (Å²) in [5.74, 6) is 0. The second-order valence-corrected chi connectivity index (χ2v) is 5.47. The van der Waals surface area contributed by atoms with Gasteiger partial charge >= 0.3 is 0 Å². The van der Waals surface area contributed by atoms with Gasteiger partial charge in [0.25, 0.3) is 0 Å². The highest BCUT2D eigenvalue weighted by Crippen LogP contribution is 2.26. The fourth-order valence-corrected chi connectivity index (χ4v) is 3.12. The molecule has 0 N–H and O–H groups in total. The average Bonchev–Trinajstić information content (AvgIpc) is 3.07. The Morgan fingerprint density at radius 3 is 2.80 bits per heavy atom. The molecule has 1 aromatic heterocycles. The molecule has 0 atom stereocenters. The first-order valence-corrected chi connectivity index (χ1v) is 6.96. The lowest BCUT2D eigenvalue weighted by atomic mass is 10.0. The zero-order valence-corrected chi connectivity index (χ0v) is 11.2. The van der Waals surface area contributed by atoms with Crippen molar-refractivity contribution in [3.63, 3.8) is 0 Å². The van der Waals surface area contributed by atoms with Crippen LogP contribution in [0.5, 0.6) is 0 Å². The summed E-state index contributed by atoms with van der Waals surface area (Å²) in [5.41, 5.74) is 1.12. The number of hydrogen-bond acceptors (Lipinski definition) is 2. The van der Waals surface area contributed by atoms with Gasteiger partial charge in [-0.25, -0.2) is 4.98 Å². The fraction of sp³-hybridized carbons (Fsp3) is 0.0556. The van der Waals surface area contributed by atoms with Gasteiger partial charge < -0.3 is 0 Å². The highest BCUT2D eigenvalue weighted by Gasteiger charge is 2.06. The summed E-state index contributed by atoms with van der Waals surface area (Å²) in [6.45, 7) is 0. The first-order chi connectivity index (χ1) is 12.8. The number of rotatable bonds is 2. The Morgan fingerprint density at radius 2 is 1.85 bits per heavy atom. The minimum absolute atomic E-state index is 0.0156. The molecule has 20 heavy (non-hydrogen) atoms. The van der Waals surface area contributed by atoms with E-state index >= 15 is 0 Å². The molecule has 4 rings (SSSR count). The number of fused-ring (bicyclic) bond motifs is 2. The van der Waals surface area contributed by atoms with Gasteiger partial charge in [-0.1, -0.05) is 54.4 Å². The Balaban J connectivity index is 2.04. The summed E-state index contributed by atoms with van der Waals surface area (Å²) in [7, 11) is 0. The molecule has 96 valence electrons. The van der Waals surface area contributed by atoms with E-state index in [4.69, 9.17) is 9.60 Å². The number of benzene rings is 3. The molecule has 0 aliphatic carbocycles. The van der Waals surface area contributed by atoms with Gasteiger partial charge in [-0.2, -0.15) is 0 Å². The van der Waals surface area contributed by atoms with Crippen molar-refractivity contribution in [2.45, 2.75) is 6.42 Å². The number of nitrogens with zero attached hydrogens (tertiary/aromatic N) is 1. The van der Waals surface area contributed by atoms with Gasteiger partial charge in [0.1, 0.15) is 0 Å². The summed E-state index contributed by atoms with van der Waals surface area (Å²) >= 11 is 1.44. The van der Waals surface area contributed by atoms with Crippen molar-refractivity contribution >= 4 is 32.3 Å². The van der Waals surface area contributed by atoms with Gasteiger partial charge in [-0.3, -0.25) is 0 Å². The van der Waals surface area contributed by atoms with Crippen LogP contribution in [0.4, 0.5) is 0 Å². The lowest BCUT2D eigenvalue weighted by Crippen LogP contribution is -1.88. The Labute approximate surface area is 131 Å². The zero-order valence-electron chi connectivity index (χ0n) is 17.4. The molecule has 0 bridgehead atoms. The van der Waals surface area contributed by atoms with Crippen LogP contribution in [0.2, 0.25) is 0 Å². The van der Waals surface area contributed by atoms with Crippen LogP contribution >= 0.6 is 11.3 Å². The van der Waals surface area contributed by atoms with Crippen LogP contribution in [-0.4, -0.2) is 4.98 Å². The molecule has 0 aliphatic heterocycles. The van der Waals surface area contributed by atoms with E-state index in [2.05, 4.69) is 4.98 Å². The molecule has 0 unspecified atom stereocenters. The smallest absolute Gasteiger partial charge is 0.0982 e. The van der Waals surface area contributed by atoms with Crippen molar-refractivity contribution in [3.05, 3.63) is 77.1 Å². The van der Waals surface area contributed by atoms with Crippen molar-refractivity contribution < 1.29 is 9.60 Å². The maximum Gasteiger partial charge on any atom is 0.0982 e. The van der Waals surface area contributed by atoms with Crippen molar-refractivity contribution in [2.75, 3.05) is 0 Å². The third-order valence-corrected chi connectivity index (χ3v) is 4.09. The minimum Gasteiger partial charge on any atom is -0.241 e. The predicted octanol–water partition coefficient (Wildman–Crippen LogP) is 5.04. The van der Waals surface area contributed by atoms with Gasteiger partial charge in [0.15, 0.2) is 0 Å². The maximum atomic E-state index is 8.31. The summed E-state index contributed by atoms with van der Waals surface area (Å²) < 4.78 is 57.7. The Morgan fingerprint density at radius 1 is 1.00 bits per heavy atom. The van der Waals surface area contributed by atoms with Crippen molar-refractivity contribution in [1.82, 2.24) is 4.98 Å². The third-order valence-electron chi connectivity index (χ3n) is 3.06. The molecule has 0 fully saturated rings. The number of aromatic nitrogens is 1. The van der Waals surface area contributed by atoms with Gasteiger partial charge in [-0.15, -0.1) is 11.3 Å². The standard InChI is InChI=1S/C18H13NS/c1-2-9-15-13(6-1)7-5-8-14(15)12-18-19-16-10-3-4-11-17(16)20-18/h1-11H,12H2/i1D,2D,5D,6D,7D,8D,9D. The summed E-state index contributed by atoms with van der Waals surface area (Å²) in [5, 5.41) is 0.805. The molecule has 0 saturated heterocycles. The number of hydrogen-bond donors (Lipinski definition) is 0. The second-order valence-electron chi connectivity index (χ2n) is 4.36. The van der Waals surface area contributed by atoms with Gasteiger partial charge in [0, 0.05) is 6.42 Å². The average molecular weight is 282 g/mol. The maximum absolute atomic E-state index is 8.31. The molecule has 3 aromatic carbocycles. The largest absolute Gasteiger partial charge is 0.241 e. The van der Waals surface area contributed by atoms with E-state index in [-0.39, 0.29) is 47.4 Å². The van der Waals surface area contributed by atoms with Crippen LogP contribution in [0.25, 0.3) is 21.0 Å². The fourth-order valence-electron chi connectivity index (χ4n) is 2.14. The van der Waals surface area contributed by atoms with Crippen molar-refractivity contribution in [3.8, 4) is 0 Å². The molecule has 0 amide bonds. The van der Waals surface area contributed by atoms with Gasteiger partial charge in [0.2, 0.25) is 0 Å². The quantitative estimate of drug-likeness (QED) is 0.502. The van der Waals surface area contributed by atoms with Crippen LogP contribution in [0.3, 0.4) is 0 Å². The molecule has 2 heteroatoms. The highest BCUT2D eigenvalue weighted by molar-refractivity contribution is 7.18. The van der Waals surface area contributed by atoms with E-state index in [9.17, 15) is 0 Å². The first kappa shape index (κ1) is 6.51. The molecule has 0 aliphatic rings. The van der Waals surface area contributed by atoms with Crippen LogP contribution in [0.15, 0.2) is 66.6 Å². The van der Waals surface area contributed by atoms with Gasteiger partial charge in [0.05, 0.1) is 24.8 Å². The van der Waals surface area contributed by atoms with Crippen LogP contribution in [-0.2, 0) is 6.42 Å². The topological polar surface area (TPSA) is 12.9 Å². The first-order valence-electron chi connectivity index (χ1n) is 9.64. The van der Waals surface area contributed by atoms with Crippen molar-refractivity contribution in [1.29, 1.82) is 0 Å². The molecule has 1 nitrogen and oxygen atoms in total. The van der Waals surface area contributed by atoms with E-state index in [0.717, 1.165) is 10.2 Å².